The van der Waals surface area contributed by atoms with E-state index in [9.17, 15) is 4.79 Å². The van der Waals surface area contributed by atoms with E-state index in [1.807, 2.05) is 30.3 Å². The molecule has 0 bridgehead atoms. The maximum absolute atomic E-state index is 11.1. The van der Waals surface area contributed by atoms with Gasteiger partial charge in [-0.3, -0.25) is 4.79 Å². The standard InChI is InChI=1S/C13H16O3/c14-12(15)13(7-4-8-13)10-16-9-11-5-2-1-3-6-11/h1-3,5-6H,4,7-10H2,(H,14,15). The molecule has 0 radical (unpaired) electrons. The van der Waals surface area contributed by atoms with E-state index < -0.39 is 11.4 Å². The highest BCUT2D eigenvalue weighted by atomic mass is 16.5. The molecule has 1 saturated carbocycles. The highest BCUT2D eigenvalue weighted by Gasteiger charge is 2.44. The zero-order chi connectivity index (χ0) is 11.4. The van der Waals surface area contributed by atoms with Gasteiger partial charge in [-0.15, -0.1) is 0 Å². The fraction of sp³-hybridized carbons (Fsp3) is 0.462. The first-order valence-electron chi connectivity index (χ1n) is 5.58. The summed E-state index contributed by atoms with van der Waals surface area (Å²) in [5.74, 6) is -0.716. The number of aliphatic carboxylic acids is 1. The Labute approximate surface area is 95.0 Å². The van der Waals surface area contributed by atoms with Crippen molar-refractivity contribution in [2.75, 3.05) is 6.61 Å². The number of hydrogen-bond acceptors (Lipinski definition) is 2. The molecule has 0 amide bonds. The second-order valence-electron chi connectivity index (χ2n) is 4.42. The highest BCUT2D eigenvalue weighted by Crippen LogP contribution is 2.41. The van der Waals surface area contributed by atoms with Crippen LogP contribution in [0.4, 0.5) is 0 Å². The van der Waals surface area contributed by atoms with Crippen LogP contribution in [0.1, 0.15) is 24.8 Å². The van der Waals surface area contributed by atoms with Crippen LogP contribution in [0.15, 0.2) is 30.3 Å². The minimum atomic E-state index is -0.716. The summed E-state index contributed by atoms with van der Waals surface area (Å²) in [6.07, 6.45) is 2.50. The molecule has 2 rings (SSSR count). The first-order chi connectivity index (χ1) is 7.73. The molecule has 1 aromatic rings. The Morgan fingerprint density at radius 3 is 2.50 bits per heavy atom. The van der Waals surface area contributed by atoms with Gasteiger partial charge in [0.25, 0.3) is 0 Å². The van der Waals surface area contributed by atoms with Crippen molar-refractivity contribution in [2.45, 2.75) is 25.9 Å². The van der Waals surface area contributed by atoms with Gasteiger partial charge in [-0.2, -0.15) is 0 Å². The molecule has 16 heavy (non-hydrogen) atoms. The normalized spacial score (nSPS) is 17.8. The first kappa shape index (κ1) is 11.1. The van der Waals surface area contributed by atoms with Gasteiger partial charge in [-0.1, -0.05) is 36.8 Å². The fourth-order valence-corrected chi connectivity index (χ4v) is 1.96. The minimum absolute atomic E-state index is 0.331. The van der Waals surface area contributed by atoms with E-state index in [4.69, 9.17) is 9.84 Å². The van der Waals surface area contributed by atoms with Gasteiger partial charge in [0.15, 0.2) is 0 Å². The molecular formula is C13H16O3. The Bertz CT molecular complexity index is 355. The predicted molar refractivity (Wildman–Crippen MR) is 60.0 cm³/mol. The van der Waals surface area contributed by atoms with Gasteiger partial charge in [-0.05, 0) is 18.4 Å². The molecule has 0 unspecified atom stereocenters. The van der Waals surface area contributed by atoms with E-state index in [0.717, 1.165) is 24.8 Å². The van der Waals surface area contributed by atoms with Crippen molar-refractivity contribution >= 4 is 5.97 Å². The van der Waals surface area contributed by atoms with Crippen molar-refractivity contribution in [2.24, 2.45) is 5.41 Å². The van der Waals surface area contributed by atoms with Crippen molar-refractivity contribution < 1.29 is 14.6 Å². The van der Waals surface area contributed by atoms with Crippen LogP contribution < -0.4 is 0 Å². The molecule has 86 valence electrons. The molecule has 3 nitrogen and oxygen atoms in total. The zero-order valence-electron chi connectivity index (χ0n) is 9.19. The summed E-state index contributed by atoms with van der Waals surface area (Å²) >= 11 is 0. The Morgan fingerprint density at radius 2 is 2.00 bits per heavy atom. The molecule has 0 aromatic heterocycles. The lowest BCUT2D eigenvalue weighted by atomic mass is 9.69. The lowest BCUT2D eigenvalue weighted by Crippen LogP contribution is -2.42. The molecule has 0 saturated heterocycles. The molecule has 1 fully saturated rings. The monoisotopic (exact) mass is 220 g/mol. The number of rotatable bonds is 5. The van der Waals surface area contributed by atoms with Crippen LogP contribution >= 0.6 is 0 Å². The number of carbonyl (C=O) groups is 1. The van der Waals surface area contributed by atoms with Gasteiger partial charge >= 0.3 is 5.97 Å². The van der Waals surface area contributed by atoms with Gasteiger partial charge in [0.1, 0.15) is 0 Å². The molecule has 0 spiro atoms. The summed E-state index contributed by atoms with van der Waals surface area (Å²) < 4.78 is 5.51. The lowest BCUT2D eigenvalue weighted by Gasteiger charge is -2.37. The molecule has 3 heteroatoms. The second-order valence-corrected chi connectivity index (χ2v) is 4.42. The average molecular weight is 220 g/mol. The van der Waals surface area contributed by atoms with Crippen LogP contribution in [0.2, 0.25) is 0 Å². The highest BCUT2D eigenvalue weighted by molar-refractivity contribution is 5.75. The molecule has 1 aromatic carbocycles. The Balaban J connectivity index is 1.82. The van der Waals surface area contributed by atoms with Crippen molar-refractivity contribution in [3.63, 3.8) is 0 Å². The van der Waals surface area contributed by atoms with Crippen LogP contribution in [-0.4, -0.2) is 17.7 Å². The number of benzene rings is 1. The van der Waals surface area contributed by atoms with E-state index >= 15 is 0 Å². The van der Waals surface area contributed by atoms with Crippen LogP contribution in [-0.2, 0) is 16.1 Å². The van der Waals surface area contributed by atoms with Crippen LogP contribution in [0.3, 0.4) is 0 Å². The summed E-state index contributed by atoms with van der Waals surface area (Å²) in [6.45, 7) is 0.826. The van der Waals surface area contributed by atoms with Crippen molar-refractivity contribution in [3.05, 3.63) is 35.9 Å². The van der Waals surface area contributed by atoms with E-state index in [2.05, 4.69) is 0 Å². The van der Waals surface area contributed by atoms with E-state index in [0.29, 0.717) is 13.2 Å². The van der Waals surface area contributed by atoms with Crippen molar-refractivity contribution in [1.82, 2.24) is 0 Å². The molecule has 0 aliphatic heterocycles. The zero-order valence-corrected chi connectivity index (χ0v) is 9.19. The van der Waals surface area contributed by atoms with Crippen LogP contribution in [0.25, 0.3) is 0 Å². The van der Waals surface area contributed by atoms with Gasteiger partial charge in [0, 0.05) is 0 Å². The van der Waals surface area contributed by atoms with Crippen molar-refractivity contribution in [1.29, 1.82) is 0 Å². The van der Waals surface area contributed by atoms with Crippen LogP contribution in [0, 0.1) is 5.41 Å². The average Bonchev–Trinajstić information content (AvgIpc) is 2.23. The Morgan fingerprint density at radius 1 is 1.31 bits per heavy atom. The second kappa shape index (κ2) is 4.66. The molecule has 1 aliphatic rings. The summed E-state index contributed by atoms with van der Waals surface area (Å²) in [7, 11) is 0. The number of carboxylic acid groups (broad SMARTS) is 1. The minimum Gasteiger partial charge on any atom is -0.481 e. The van der Waals surface area contributed by atoms with Gasteiger partial charge in [-0.25, -0.2) is 0 Å². The SMILES string of the molecule is O=C(O)C1(COCc2ccccc2)CCC1. The quantitative estimate of drug-likeness (QED) is 0.829. The van der Waals surface area contributed by atoms with Gasteiger partial charge in [0.05, 0.1) is 18.6 Å². The third-order valence-electron chi connectivity index (χ3n) is 3.25. The molecule has 1 N–H and O–H groups in total. The number of carboxylic acids is 1. The predicted octanol–water partition coefficient (Wildman–Crippen LogP) is 2.46. The fourth-order valence-electron chi connectivity index (χ4n) is 1.96. The topological polar surface area (TPSA) is 46.5 Å². The number of hydrogen-bond donors (Lipinski definition) is 1. The third kappa shape index (κ3) is 2.25. The summed E-state index contributed by atoms with van der Waals surface area (Å²) in [4.78, 5) is 11.1. The lowest BCUT2D eigenvalue weighted by molar-refractivity contribution is -0.160. The largest absolute Gasteiger partial charge is 0.481 e. The molecular weight excluding hydrogens is 204 g/mol. The Hall–Kier alpha value is -1.35. The van der Waals surface area contributed by atoms with Crippen LogP contribution in [0.5, 0.6) is 0 Å². The smallest absolute Gasteiger partial charge is 0.311 e. The third-order valence-corrected chi connectivity index (χ3v) is 3.25. The maximum Gasteiger partial charge on any atom is 0.311 e. The van der Waals surface area contributed by atoms with Crippen molar-refractivity contribution in [3.8, 4) is 0 Å². The van der Waals surface area contributed by atoms with E-state index in [1.54, 1.807) is 0 Å². The summed E-state index contributed by atoms with van der Waals surface area (Å²) in [5.41, 5.74) is 0.483. The van der Waals surface area contributed by atoms with Gasteiger partial charge < -0.3 is 9.84 Å². The van der Waals surface area contributed by atoms with E-state index in [-0.39, 0.29) is 0 Å². The summed E-state index contributed by atoms with van der Waals surface area (Å²) in [6, 6.07) is 9.82. The first-order valence-corrected chi connectivity index (χ1v) is 5.58. The summed E-state index contributed by atoms with van der Waals surface area (Å²) in [5, 5.41) is 9.10. The molecule has 1 aliphatic carbocycles. The maximum atomic E-state index is 11.1. The van der Waals surface area contributed by atoms with E-state index in [1.165, 1.54) is 0 Å². The molecule has 0 atom stereocenters. The molecule has 0 heterocycles. The number of ether oxygens (including phenoxy) is 1. The van der Waals surface area contributed by atoms with Gasteiger partial charge in [0.2, 0.25) is 0 Å². The Kier molecular flexibility index (Phi) is 3.25.